The van der Waals surface area contributed by atoms with Crippen LogP contribution in [-0.4, -0.2) is 30.5 Å². The van der Waals surface area contributed by atoms with Crippen molar-refractivity contribution in [3.05, 3.63) is 69.3 Å². The molecule has 1 saturated carbocycles. The maximum absolute atomic E-state index is 12.4. The van der Waals surface area contributed by atoms with E-state index in [2.05, 4.69) is 0 Å². The molecular weight excluding hydrogens is 434 g/mol. The Labute approximate surface area is 190 Å². The van der Waals surface area contributed by atoms with Gasteiger partial charge in [-0.15, -0.1) is 0 Å². The van der Waals surface area contributed by atoms with Crippen molar-refractivity contribution >= 4 is 34.4 Å². The summed E-state index contributed by atoms with van der Waals surface area (Å²) < 4.78 is 17.3. The smallest absolute Gasteiger partial charge is 0.309 e. The van der Waals surface area contributed by atoms with E-state index in [-0.39, 0.29) is 11.5 Å². The van der Waals surface area contributed by atoms with Gasteiger partial charge in [-0.05, 0) is 49.6 Å². The van der Waals surface area contributed by atoms with Gasteiger partial charge in [0.05, 0.1) is 22.4 Å². The molecule has 0 saturated heterocycles. The van der Waals surface area contributed by atoms with Gasteiger partial charge in [-0.25, -0.2) is 0 Å². The van der Waals surface area contributed by atoms with Gasteiger partial charge in [0.15, 0.2) is 23.2 Å². The topological polar surface area (TPSA) is 89.2 Å². The molecule has 3 aromatic rings. The zero-order valence-corrected chi connectivity index (χ0v) is 18.5. The molecule has 32 heavy (non-hydrogen) atoms. The number of benzene rings is 2. The highest BCUT2D eigenvalue weighted by molar-refractivity contribution is 6.34. The first kappa shape index (κ1) is 22.2. The fourth-order valence-electron chi connectivity index (χ4n) is 3.72. The third-order valence-electron chi connectivity index (χ3n) is 5.61. The van der Waals surface area contributed by atoms with Crippen molar-refractivity contribution < 1.29 is 23.8 Å². The van der Waals surface area contributed by atoms with Crippen LogP contribution in [0, 0.1) is 5.92 Å². The first-order valence-electron chi connectivity index (χ1n) is 10.4. The van der Waals surface area contributed by atoms with Crippen molar-refractivity contribution in [2.24, 2.45) is 5.92 Å². The number of carboxylic acids is 1. The van der Waals surface area contributed by atoms with Crippen LogP contribution in [-0.2, 0) is 16.1 Å². The Kier molecular flexibility index (Phi) is 6.39. The van der Waals surface area contributed by atoms with Gasteiger partial charge in [-0.1, -0.05) is 29.8 Å². The van der Waals surface area contributed by atoms with Gasteiger partial charge in [0.25, 0.3) is 0 Å². The Balaban J connectivity index is 1.38. The lowest BCUT2D eigenvalue weighted by atomic mass is 9.82. The summed E-state index contributed by atoms with van der Waals surface area (Å²) in [6.07, 6.45) is 0.512. The molecule has 1 N–H and O–H groups in total. The molecule has 7 nitrogen and oxygen atoms in total. The van der Waals surface area contributed by atoms with Crippen LogP contribution in [0.5, 0.6) is 5.75 Å². The highest BCUT2D eigenvalue weighted by Gasteiger charge is 2.38. The van der Waals surface area contributed by atoms with Gasteiger partial charge < -0.3 is 23.9 Å². The molecule has 4 rings (SSSR count). The Bertz CT molecular complexity index is 1180. The second-order valence-electron chi connectivity index (χ2n) is 7.95. The Morgan fingerprint density at radius 2 is 2.00 bits per heavy atom. The van der Waals surface area contributed by atoms with E-state index in [4.69, 9.17) is 30.6 Å². The molecule has 2 aromatic carbocycles. The molecule has 8 heteroatoms. The Morgan fingerprint density at radius 3 is 2.66 bits per heavy atom. The summed E-state index contributed by atoms with van der Waals surface area (Å²) in [5, 5.41) is 9.96. The van der Waals surface area contributed by atoms with Crippen molar-refractivity contribution in [3.8, 4) is 5.75 Å². The number of carbonyl (C=O) groups is 1. The predicted molar refractivity (Wildman–Crippen MR) is 121 cm³/mol. The normalized spacial score (nSPS) is 18.7. The Hall–Kier alpha value is -3.03. The van der Waals surface area contributed by atoms with Gasteiger partial charge in [0.2, 0.25) is 0 Å². The summed E-state index contributed by atoms with van der Waals surface area (Å²) in [6.45, 7) is 2.26. The van der Waals surface area contributed by atoms with Crippen LogP contribution in [0.15, 0.2) is 57.7 Å². The van der Waals surface area contributed by atoms with Gasteiger partial charge in [-0.2, -0.15) is 0 Å². The summed E-state index contributed by atoms with van der Waals surface area (Å²) in [5.41, 5.74) is 1.21. The lowest BCUT2D eigenvalue weighted by Crippen LogP contribution is -2.42. The van der Waals surface area contributed by atoms with Crippen LogP contribution < -0.4 is 15.1 Å². The van der Waals surface area contributed by atoms with E-state index < -0.39 is 18.2 Å². The molecule has 1 fully saturated rings. The number of halogens is 1. The molecule has 0 aliphatic heterocycles. The Morgan fingerprint density at radius 1 is 1.25 bits per heavy atom. The zero-order valence-electron chi connectivity index (χ0n) is 17.8. The number of aliphatic carboxylic acids is 1. The van der Waals surface area contributed by atoms with Crippen LogP contribution in [0.25, 0.3) is 11.0 Å². The average Bonchev–Trinajstić information content (AvgIpc) is 2.73. The number of para-hydroxylation sites is 1. The van der Waals surface area contributed by atoms with Crippen LogP contribution in [0.2, 0.25) is 5.02 Å². The third kappa shape index (κ3) is 4.74. The summed E-state index contributed by atoms with van der Waals surface area (Å²) in [4.78, 5) is 25.3. The predicted octanol–water partition coefficient (Wildman–Crippen LogP) is 4.69. The molecule has 168 valence electrons. The maximum Gasteiger partial charge on any atom is 0.309 e. The van der Waals surface area contributed by atoms with Crippen molar-refractivity contribution in [1.82, 2.24) is 0 Å². The molecule has 0 amide bonds. The monoisotopic (exact) mass is 457 g/mol. The van der Waals surface area contributed by atoms with E-state index in [1.54, 1.807) is 25.1 Å². The summed E-state index contributed by atoms with van der Waals surface area (Å²) in [5.74, 6) is -0.235. The number of fused-ring (bicyclic) bond motifs is 1. The van der Waals surface area contributed by atoms with Crippen molar-refractivity contribution in [2.45, 2.75) is 38.7 Å². The minimum atomic E-state index is -0.827. The van der Waals surface area contributed by atoms with E-state index >= 15 is 0 Å². The quantitative estimate of drug-likeness (QED) is 0.491. The van der Waals surface area contributed by atoms with E-state index in [1.807, 2.05) is 36.2 Å². The maximum atomic E-state index is 12.4. The molecule has 3 unspecified atom stereocenters. The minimum absolute atomic E-state index is 0.148. The fraction of sp³-hybridized carbons (Fsp3) is 0.333. The lowest BCUT2D eigenvalue weighted by Gasteiger charge is -2.35. The van der Waals surface area contributed by atoms with Crippen LogP contribution in [0.3, 0.4) is 0 Å². The molecule has 1 aliphatic rings. The average molecular weight is 458 g/mol. The second-order valence-corrected chi connectivity index (χ2v) is 8.35. The number of hydrogen-bond acceptors (Lipinski definition) is 6. The highest BCUT2D eigenvalue weighted by Crippen LogP contribution is 2.32. The summed E-state index contributed by atoms with van der Waals surface area (Å²) in [6, 6.07) is 14.0. The van der Waals surface area contributed by atoms with E-state index in [1.165, 1.54) is 6.07 Å². The molecule has 0 bridgehead atoms. The van der Waals surface area contributed by atoms with Crippen LogP contribution in [0.1, 0.15) is 25.3 Å². The first-order valence-corrected chi connectivity index (χ1v) is 10.8. The lowest BCUT2D eigenvalue weighted by molar-refractivity contribution is -0.177. The number of hydrogen-bond donors (Lipinski definition) is 1. The molecular formula is C24H24ClNO6. The zero-order chi connectivity index (χ0) is 22.8. The minimum Gasteiger partial charge on any atom is -0.481 e. The molecule has 3 atom stereocenters. The fourth-order valence-corrected chi connectivity index (χ4v) is 3.94. The van der Waals surface area contributed by atoms with Gasteiger partial charge in [0.1, 0.15) is 5.75 Å². The van der Waals surface area contributed by atoms with Crippen LogP contribution >= 0.6 is 11.6 Å². The molecule has 0 spiro atoms. The van der Waals surface area contributed by atoms with E-state index in [0.717, 1.165) is 12.0 Å². The highest BCUT2D eigenvalue weighted by atomic mass is 35.5. The van der Waals surface area contributed by atoms with Crippen molar-refractivity contribution in [2.75, 3.05) is 11.9 Å². The van der Waals surface area contributed by atoms with E-state index in [0.29, 0.717) is 40.6 Å². The molecule has 1 aliphatic carbocycles. The van der Waals surface area contributed by atoms with Gasteiger partial charge in [-0.3, -0.25) is 9.59 Å². The van der Waals surface area contributed by atoms with Crippen LogP contribution in [0.4, 0.5) is 5.88 Å². The molecule has 1 heterocycles. The number of ether oxygens (including phenoxy) is 2. The first-order chi connectivity index (χ1) is 15.3. The second kappa shape index (κ2) is 9.22. The van der Waals surface area contributed by atoms with Gasteiger partial charge in [0, 0.05) is 19.7 Å². The molecule has 1 aromatic heterocycles. The number of rotatable bonds is 8. The summed E-state index contributed by atoms with van der Waals surface area (Å²) in [7, 11) is 1.83. The van der Waals surface area contributed by atoms with Crippen molar-refractivity contribution in [1.29, 1.82) is 0 Å². The third-order valence-corrected chi connectivity index (χ3v) is 5.91. The van der Waals surface area contributed by atoms with Gasteiger partial charge >= 0.3 is 5.97 Å². The standard InChI is InChI=1S/C24H24ClNO6/c1-14(31-21-11-10-18(21)24(28)29)30-16-8-6-15(7-9-16)13-26(2)22-12-20(27)17-4-3-5-19(25)23(17)32-22/h3-9,12,14,18,21H,10-11,13H2,1-2H3,(H,28,29). The van der Waals surface area contributed by atoms with E-state index in [9.17, 15) is 9.59 Å². The summed E-state index contributed by atoms with van der Waals surface area (Å²) >= 11 is 6.19. The SMILES string of the molecule is CC(Oc1ccc(CN(C)c2cc(=O)c3cccc(Cl)c3o2)cc1)OC1CCC1C(=O)O. The largest absolute Gasteiger partial charge is 0.481 e. The van der Waals surface area contributed by atoms with Crippen molar-refractivity contribution in [3.63, 3.8) is 0 Å². The molecule has 0 radical (unpaired) electrons. The number of anilines is 1. The number of nitrogens with zero attached hydrogens (tertiary/aromatic N) is 1. The number of carboxylic acid groups (broad SMARTS) is 1.